The number of phenolic OH excluding ortho intramolecular Hbond substituents is 1. The second kappa shape index (κ2) is 6.90. The molecule has 0 aliphatic rings. The van der Waals surface area contributed by atoms with Crippen LogP contribution in [0.15, 0.2) is 54.6 Å². The average Bonchev–Trinajstić information content (AvgIpc) is 2.98. The van der Waals surface area contributed by atoms with Crippen LogP contribution in [-0.4, -0.2) is 16.2 Å². The molecule has 6 heteroatoms. The van der Waals surface area contributed by atoms with Crippen LogP contribution in [0.4, 0.5) is 4.79 Å². The predicted octanol–water partition coefficient (Wildman–Crippen LogP) is 4.18. The minimum absolute atomic E-state index is 0.214. The van der Waals surface area contributed by atoms with E-state index in [0.717, 1.165) is 20.5 Å². The second-order valence-corrected chi connectivity index (χ2v) is 6.59. The number of fused-ring (bicyclic) bond motifs is 1. The quantitative estimate of drug-likeness (QED) is 0.683. The maximum atomic E-state index is 11.8. The molecule has 124 valence electrons. The molecule has 1 heterocycles. The summed E-state index contributed by atoms with van der Waals surface area (Å²) >= 11 is 1.54. The van der Waals surface area contributed by atoms with Gasteiger partial charge in [0.15, 0.2) is 0 Å². The number of carbonyl (C=O) groups excluding carboxylic acids is 1. The average molecular weight is 342 g/mol. The van der Waals surface area contributed by atoms with E-state index in [-0.39, 0.29) is 18.4 Å². The fourth-order valence-electron chi connectivity index (χ4n) is 2.46. The second-order valence-electron chi connectivity index (χ2n) is 5.47. The summed E-state index contributed by atoms with van der Waals surface area (Å²) in [7, 11) is 0. The number of primary amides is 1. The summed E-state index contributed by atoms with van der Waals surface area (Å²) in [6.45, 7) is 2.13. The van der Waals surface area contributed by atoms with Crippen molar-refractivity contribution in [3.05, 3.63) is 65.0 Å². The van der Waals surface area contributed by atoms with Crippen LogP contribution in [0.1, 0.15) is 23.4 Å². The van der Waals surface area contributed by atoms with E-state index in [4.69, 9.17) is 10.6 Å². The molecular formula is C18H18N2O3S. The van der Waals surface area contributed by atoms with Crippen LogP contribution >= 0.6 is 11.3 Å². The predicted molar refractivity (Wildman–Crippen MR) is 94.6 cm³/mol. The summed E-state index contributed by atoms with van der Waals surface area (Å²) in [5, 5.41) is 11.7. The Kier molecular flexibility index (Phi) is 4.69. The Balaban J connectivity index is 1.80. The van der Waals surface area contributed by atoms with Crippen LogP contribution in [0, 0.1) is 0 Å². The topological polar surface area (TPSA) is 75.8 Å². The Labute approximate surface area is 143 Å². The number of carbonyl (C=O) groups is 1. The van der Waals surface area contributed by atoms with E-state index in [1.165, 1.54) is 5.06 Å². The third-order valence-electron chi connectivity index (χ3n) is 3.71. The number of nitrogens with two attached hydrogens (primary N) is 1. The van der Waals surface area contributed by atoms with Gasteiger partial charge in [0.2, 0.25) is 0 Å². The van der Waals surface area contributed by atoms with Crippen molar-refractivity contribution in [3.8, 4) is 5.75 Å². The molecule has 0 saturated carbocycles. The minimum Gasteiger partial charge on any atom is -0.508 e. The first kappa shape index (κ1) is 16.3. The smallest absolute Gasteiger partial charge is 0.339 e. The molecule has 3 rings (SSSR count). The molecule has 2 aromatic carbocycles. The third kappa shape index (κ3) is 3.50. The van der Waals surface area contributed by atoms with Crippen LogP contribution in [0.25, 0.3) is 10.1 Å². The molecule has 5 nitrogen and oxygen atoms in total. The van der Waals surface area contributed by atoms with Crippen molar-refractivity contribution >= 4 is 27.5 Å². The minimum atomic E-state index is -0.640. The molecule has 0 radical (unpaired) electrons. The Morgan fingerprint density at radius 3 is 2.71 bits per heavy atom. The van der Waals surface area contributed by atoms with Gasteiger partial charge in [-0.2, -0.15) is 5.06 Å². The van der Waals surface area contributed by atoms with Gasteiger partial charge in [0.1, 0.15) is 12.4 Å². The van der Waals surface area contributed by atoms with E-state index < -0.39 is 6.03 Å². The van der Waals surface area contributed by atoms with Gasteiger partial charge >= 0.3 is 6.03 Å². The van der Waals surface area contributed by atoms with Gasteiger partial charge in [-0.05, 0) is 42.1 Å². The molecule has 0 fully saturated rings. The van der Waals surface area contributed by atoms with E-state index in [2.05, 4.69) is 0 Å². The zero-order valence-corrected chi connectivity index (χ0v) is 14.0. The molecule has 1 atom stereocenters. The zero-order chi connectivity index (χ0) is 17.1. The van der Waals surface area contributed by atoms with Crippen LogP contribution < -0.4 is 5.73 Å². The van der Waals surface area contributed by atoms with Gasteiger partial charge in [0.25, 0.3) is 0 Å². The van der Waals surface area contributed by atoms with Crippen molar-refractivity contribution in [1.82, 2.24) is 5.06 Å². The van der Waals surface area contributed by atoms with Crippen molar-refractivity contribution in [1.29, 1.82) is 0 Å². The van der Waals surface area contributed by atoms with Crippen LogP contribution in [0.2, 0.25) is 0 Å². The van der Waals surface area contributed by atoms with Gasteiger partial charge in [0, 0.05) is 9.58 Å². The molecule has 2 amide bonds. The highest BCUT2D eigenvalue weighted by atomic mass is 32.1. The molecule has 1 aromatic heterocycles. The number of aromatic hydroxyl groups is 1. The Morgan fingerprint density at radius 1 is 1.25 bits per heavy atom. The largest absolute Gasteiger partial charge is 0.508 e. The summed E-state index contributed by atoms with van der Waals surface area (Å²) in [5.74, 6) is 0.214. The molecule has 0 aliphatic heterocycles. The molecule has 0 bridgehead atoms. The fraction of sp³-hybridized carbons (Fsp3) is 0.167. The number of hydroxylamine groups is 2. The lowest BCUT2D eigenvalue weighted by molar-refractivity contribution is -0.149. The van der Waals surface area contributed by atoms with E-state index in [1.54, 1.807) is 23.5 Å². The zero-order valence-electron chi connectivity index (χ0n) is 13.2. The number of hydrogen-bond donors (Lipinski definition) is 2. The number of hydrogen-bond acceptors (Lipinski definition) is 4. The molecule has 1 unspecified atom stereocenters. The molecule has 3 aromatic rings. The van der Waals surface area contributed by atoms with E-state index in [1.807, 2.05) is 49.4 Å². The molecule has 24 heavy (non-hydrogen) atoms. The SMILES string of the molecule is CC(c1cc2cc(O)ccc2s1)N(OCc1ccccc1)C(N)=O. The molecule has 0 spiro atoms. The molecule has 3 N–H and O–H groups in total. The monoisotopic (exact) mass is 342 g/mol. The maximum absolute atomic E-state index is 11.8. The lowest BCUT2D eigenvalue weighted by atomic mass is 10.2. The Morgan fingerprint density at radius 2 is 2.00 bits per heavy atom. The number of nitrogens with zero attached hydrogens (tertiary/aromatic N) is 1. The first-order chi connectivity index (χ1) is 11.5. The lowest BCUT2D eigenvalue weighted by Gasteiger charge is -2.25. The van der Waals surface area contributed by atoms with Crippen molar-refractivity contribution in [2.24, 2.45) is 5.73 Å². The van der Waals surface area contributed by atoms with Gasteiger partial charge < -0.3 is 10.8 Å². The molecular weight excluding hydrogens is 324 g/mol. The van der Waals surface area contributed by atoms with E-state index in [0.29, 0.717) is 0 Å². The van der Waals surface area contributed by atoms with Crippen molar-refractivity contribution < 1.29 is 14.7 Å². The Hall–Kier alpha value is -2.57. The number of benzene rings is 2. The summed E-state index contributed by atoms with van der Waals surface area (Å²) in [6, 6.07) is 15.8. The maximum Gasteiger partial charge on any atom is 0.339 e. The van der Waals surface area contributed by atoms with E-state index >= 15 is 0 Å². The number of urea groups is 1. The normalized spacial score (nSPS) is 12.2. The van der Waals surface area contributed by atoms with Crippen LogP contribution in [0.5, 0.6) is 5.75 Å². The van der Waals surface area contributed by atoms with Gasteiger partial charge in [-0.3, -0.25) is 4.84 Å². The van der Waals surface area contributed by atoms with Gasteiger partial charge in [0.05, 0.1) is 6.04 Å². The highest BCUT2D eigenvalue weighted by molar-refractivity contribution is 7.19. The summed E-state index contributed by atoms with van der Waals surface area (Å²) in [4.78, 5) is 18.4. The highest BCUT2D eigenvalue weighted by Gasteiger charge is 2.22. The fourth-order valence-corrected chi connectivity index (χ4v) is 3.54. The first-order valence-corrected chi connectivity index (χ1v) is 8.34. The number of phenols is 1. The van der Waals surface area contributed by atoms with Crippen molar-refractivity contribution in [2.75, 3.05) is 0 Å². The van der Waals surface area contributed by atoms with Crippen molar-refractivity contribution in [3.63, 3.8) is 0 Å². The first-order valence-electron chi connectivity index (χ1n) is 7.52. The Bertz CT molecular complexity index is 848. The number of amides is 2. The van der Waals surface area contributed by atoms with Gasteiger partial charge in [-0.15, -0.1) is 11.3 Å². The highest BCUT2D eigenvalue weighted by Crippen LogP contribution is 2.34. The van der Waals surface area contributed by atoms with Crippen LogP contribution in [0.3, 0.4) is 0 Å². The number of rotatable bonds is 5. The summed E-state index contributed by atoms with van der Waals surface area (Å²) in [5.41, 5.74) is 6.44. The lowest BCUT2D eigenvalue weighted by Crippen LogP contribution is -2.37. The number of thiophene rings is 1. The molecule has 0 aliphatic carbocycles. The summed E-state index contributed by atoms with van der Waals surface area (Å²) in [6.07, 6.45) is 0. The van der Waals surface area contributed by atoms with Gasteiger partial charge in [-0.25, -0.2) is 4.79 Å². The summed E-state index contributed by atoms with van der Waals surface area (Å²) < 4.78 is 1.03. The molecule has 0 saturated heterocycles. The standard InChI is InChI=1S/C18H18N2O3S/c1-12(17-10-14-9-15(21)7-8-16(14)24-17)20(18(19)22)23-11-13-5-3-2-4-6-13/h2-10,12,21H,11H2,1H3,(H2,19,22). The van der Waals surface area contributed by atoms with Crippen molar-refractivity contribution in [2.45, 2.75) is 19.6 Å². The van der Waals surface area contributed by atoms with Gasteiger partial charge in [-0.1, -0.05) is 30.3 Å². The van der Waals surface area contributed by atoms with Crippen LogP contribution in [-0.2, 0) is 11.4 Å². The van der Waals surface area contributed by atoms with E-state index in [9.17, 15) is 9.90 Å². The third-order valence-corrected chi connectivity index (χ3v) is 5.00.